The summed E-state index contributed by atoms with van der Waals surface area (Å²) in [7, 11) is -5.65. The lowest BCUT2D eigenvalue weighted by atomic mass is 9.80. The Morgan fingerprint density at radius 1 is 1.06 bits per heavy atom. The zero-order valence-corrected chi connectivity index (χ0v) is 33.3. The molecule has 0 radical (unpaired) electrons. The molecule has 29 heteroatoms. The highest BCUT2D eigenvalue weighted by atomic mass is 31.2. The third-order valence-corrected chi connectivity index (χ3v) is 10.5. The normalized spacial score (nSPS) is 28.0. The van der Waals surface area contributed by atoms with Crippen LogP contribution in [0.5, 0.6) is 0 Å². The molecule has 4 rings (SSSR count). The number of phosphoric acid groups is 1. The topological polar surface area (TPSA) is 425 Å². The zero-order valence-electron chi connectivity index (χ0n) is 32.4. The number of aliphatic hydroxyl groups is 6. The number of aliphatic hydroxyl groups excluding tert-OH is 6. The van der Waals surface area contributed by atoms with Gasteiger partial charge in [0.1, 0.15) is 36.3 Å². The van der Waals surface area contributed by atoms with Gasteiger partial charge in [0, 0.05) is 56.7 Å². The van der Waals surface area contributed by atoms with Gasteiger partial charge in [-0.25, -0.2) is 28.4 Å². The number of phosphoric ester groups is 1. The third-order valence-electron chi connectivity index (χ3n) is 9.47. The van der Waals surface area contributed by atoms with E-state index in [9.17, 15) is 78.8 Å². The molecule has 4 heterocycles. The second kappa shape index (κ2) is 22.0. The third kappa shape index (κ3) is 13.1. The number of nitrogens with two attached hydrogens (primary N) is 1. The van der Waals surface area contributed by atoms with Gasteiger partial charge < -0.3 is 76.0 Å². The monoisotopic (exact) mass is 910 g/mol. The lowest BCUT2D eigenvalue weighted by Crippen LogP contribution is -2.62. The maximum Gasteiger partial charge on any atom is 0.475 e. The number of hydrogen-bond donors (Lipinski definition) is 11. The Morgan fingerprint density at radius 3 is 2.40 bits per heavy atom. The number of carboxylic acids is 1. The molecule has 3 aliphatic heterocycles. The summed E-state index contributed by atoms with van der Waals surface area (Å²) in [5.74, 6) is -9.95. The first kappa shape index (κ1) is 49.8. The number of hydrogen-bond acceptors (Lipinski definition) is 22. The van der Waals surface area contributed by atoms with Crippen molar-refractivity contribution in [1.82, 2.24) is 25.1 Å². The van der Waals surface area contributed by atoms with Gasteiger partial charge in [0.25, 0.3) is 17.6 Å². The lowest BCUT2D eigenvalue weighted by molar-refractivity contribution is -0.298. The summed E-state index contributed by atoms with van der Waals surface area (Å²) in [4.78, 5) is 99.4. The molecule has 2 fully saturated rings. The highest BCUT2D eigenvalue weighted by Crippen LogP contribution is 2.52. The maximum absolute atomic E-state index is 13.1. The summed E-state index contributed by atoms with van der Waals surface area (Å²) in [6.07, 6.45) is -14.9. The summed E-state index contributed by atoms with van der Waals surface area (Å²) in [6.45, 7) is -3.40. The van der Waals surface area contributed by atoms with Gasteiger partial charge >= 0.3 is 25.6 Å². The number of carboxylic acid groups (broad SMARTS) is 1. The quantitative estimate of drug-likeness (QED) is 0.0277. The number of carbonyl (C=O) groups is 6. The number of ether oxygens (including phenoxy) is 4. The van der Waals surface area contributed by atoms with Crippen molar-refractivity contribution < 1.29 is 102 Å². The van der Waals surface area contributed by atoms with E-state index in [4.69, 9.17) is 33.7 Å². The van der Waals surface area contributed by atoms with Crippen molar-refractivity contribution in [2.24, 2.45) is 5.92 Å². The highest BCUT2D eigenvalue weighted by molar-refractivity contribution is 7.47. The number of ketones is 1. The van der Waals surface area contributed by atoms with Crippen LogP contribution in [-0.4, -0.2) is 185 Å². The van der Waals surface area contributed by atoms with E-state index in [1.165, 1.54) is 6.07 Å². The number of rotatable bonds is 23. The van der Waals surface area contributed by atoms with E-state index in [0.29, 0.717) is 4.90 Å². The van der Waals surface area contributed by atoms with Crippen LogP contribution in [0, 0.1) is 5.92 Å². The molecule has 346 valence electrons. The molecule has 1 aromatic heterocycles. The van der Waals surface area contributed by atoms with Crippen LogP contribution in [-0.2, 0) is 56.5 Å². The smallest absolute Gasteiger partial charge is 0.475 e. The fourth-order valence-corrected chi connectivity index (χ4v) is 7.18. The molecule has 0 aromatic carbocycles. The minimum Gasteiger partial charge on any atom is -0.477 e. The van der Waals surface area contributed by atoms with Crippen molar-refractivity contribution in [3.63, 3.8) is 0 Å². The SMILES string of the molecule is Nc1ccn([C@@H]2O[C@H](COP(=O)(O)OC3(C(=O)O)CC(O)C(CC(=O)CNC(=O)CCOCCCNC(=O)OCN4C(=O)C=CC4=O)C(C(O)[C@H](O)CO)O3)[C@H](O)C2O)c(=O)n1. The Hall–Kier alpha value is -4.81. The number of imide groups is 1. The van der Waals surface area contributed by atoms with Gasteiger partial charge in [-0.1, -0.05) is 0 Å². The number of amides is 4. The number of carbonyl (C=O) groups excluding carboxylic acids is 5. The fraction of sp³-hybridized carbons (Fsp3) is 0.636. The predicted molar refractivity (Wildman–Crippen MR) is 197 cm³/mol. The molecule has 62 heavy (non-hydrogen) atoms. The Morgan fingerprint density at radius 2 is 1.76 bits per heavy atom. The van der Waals surface area contributed by atoms with Crippen LogP contribution in [0.15, 0.2) is 29.2 Å². The number of nitrogen functional groups attached to an aromatic ring is 1. The van der Waals surface area contributed by atoms with Crippen molar-refractivity contribution >= 4 is 49.2 Å². The minimum absolute atomic E-state index is 0.0806. The van der Waals surface area contributed by atoms with E-state index in [2.05, 4.69) is 15.6 Å². The Labute approximate surface area is 349 Å². The minimum atomic E-state index is -5.65. The number of alkyl carbamates (subject to hydrolysis) is 1. The van der Waals surface area contributed by atoms with Crippen molar-refractivity contribution in [3.05, 3.63) is 34.9 Å². The number of Topliss-reactive ketones (excluding diaryl/α,β-unsaturated/α-hetero) is 1. The Bertz CT molecular complexity index is 1920. The van der Waals surface area contributed by atoms with Crippen molar-refractivity contribution in [2.75, 3.05) is 52.0 Å². The van der Waals surface area contributed by atoms with E-state index < -0.39 is 149 Å². The molecule has 7 unspecified atom stereocenters. The van der Waals surface area contributed by atoms with Crippen LogP contribution < -0.4 is 22.1 Å². The Kier molecular flexibility index (Phi) is 17.7. The molecule has 12 N–H and O–H groups in total. The average molecular weight is 911 g/mol. The molecular formula is C33H47N6O22P. The summed E-state index contributed by atoms with van der Waals surface area (Å²) in [5, 5.41) is 77.3. The van der Waals surface area contributed by atoms with Crippen LogP contribution >= 0.6 is 7.82 Å². The van der Waals surface area contributed by atoms with Crippen molar-refractivity contribution in [1.29, 1.82) is 0 Å². The van der Waals surface area contributed by atoms with Gasteiger partial charge in [-0.05, 0) is 12.5 Å². The molecule has 11 atom stereocenters. The standard InChI is InChI=1S/C33H47N6O22P/c34-21-4-7-38(31(52)37-21)29-27(49)26(48)20(59-29)14-58-62(54,55)61-33(30(50)51)11-18(42)17(28(60-33)25(47)19(43)13-40)10-16(41)12-36-22(44)5-9-56-8-1-6-35-32(53)57-15-39-23(45)2-3-24(39)46/h2-4,7,17-20,25-29,40,42-43,47-49H,1,5-6,8-15H2,(H,35,53)(H,36,44)(H,50,51)(H,54,55)(H2,34,37,52)/t17?,18?,19-,20-,25?,26+,27?,28?,29-,33?/m1/s1. The number of aromatic nitrogens is 2. The second-order valence-corrected chi connectivity index (χ2v) is 15.3. The summed E-state index contributed by atoms with van der Waals surface area (Å²) < 4.78 is 44.5. The second-order valence-electron chi connectivity index (χ2n) is 13.9. The molecule has 1 aromatic rings. The molecule has 0 aliphatic carbocycles. The predicted octanol–water partition coefficient (Wildman–Crippen LogP) is -5.68. The average Bonchev–Trinajstić information content (AvgIpc) is 3.69. The Balaban J connectivity index is 1.26. The van der Waals surface area contributed by atoms with E-state index in [-0.39, 0.29) is 38.4 Å². The van der Waals surface area contributed by atoms with Gasteiger partial charge in [-0.15, -0.1) is 0 Å². The van der Waals surface area contributed by atoms with E-state index >= 15 is 0 Å². The van der Waals surface area contributed by atoms with Crippen LogP contribution in [0.3, 0.4) is 0 Å². The fourth-order valence-electron chi connectivity index (χ4n) is 6.22. The van der Waals surface area contributed by atoms with Gasteiger partial charge in [0.05, 0.1) is 38.6 Å². The van der Waals surface area contributed by atoms with Crippen molar-refractivity contribution in [3.8, 4) is 0 Å². The first-order valence-corrected chi connectivity index (χ1v) is 20.1. The van der Waals surface area contributed by atoms with Gasteiger partial charge in [0.15, 0.2) is 18.7 Å². The lowest BCUT2D eigenvalue weighted by Gasteiger charge is -2.46. The molecule has 0 saturated carbocycles. The van der Waals surface area contributed by atoms with E-state index in [0.717, 1.165) is 22.9 Å². The molecule has 0 spiro atoms. The van der Waals surface area contributed by atoms with Crippen molar-refractivity contribution in [2.45, 2.75) is 80.4 Å². The number of aliphatic carboxylic acids is 1. The molecule has 3 aliphatic rings. The largest absolute Gasteiger partial charge is 0.477 e. The molecule has 28 nitrogen and oxygen atoms in total. The molecule has 4 amide bonds. The molecular weight excluding hydrogens is 863 g/mol. The number of anilines is 1. The first-order valence-electron chi connectivity index (χ1n) is 18.6. The van der Waals surface area contributed by atoms with Gasteiger partial charge in [-0.3, -0.25) is 28.3 Å². The number of nitrogens with one attached hydrogen (secondary N) is 2. The maximum atomic E-state index is 13.1. The van der Waals surface area contributed by atoms with Crippen LogP contribution in [0.4, 0.5) is 10.6 Å². The van der Waals surface area contributed by atoms with Crippen LogP contribution in [0.2, 0.25) is 0 Å². The van der Waals surface area contributed by atoms with Gasteiger partial charge in [-0.2, -0.15) is 4.98 Å². The first-order chi connectivity index (χ1) is 29.2. The van der Waals surface area contributed by atoms with Crippen LogP contribution in [0.25, 0.3) is 0 Å². The summed E-state index contributed by atoms with van der Waals surface area (Å²) in [5.41, 5.74) is 4.46. The van der Waals surface area contributed by atoms with E-state index in [1.54, 1.807) is 0 Å². The summed E-state index contributed by atoms with van der Waals surface area (Å²) in [6, 6.07) is 1.18. The zero-order chi connectivity index (χ0) is 45.9. The molecule has 0 bridgehead atoms. The molecule has 2 saturated heterocycles. The van der Waals surface area contributed by atoms with Gasteiger partial charge in [0.2, 0.25) is 5.91 Å². The highest BCUT2D eigenvalue weighted by Gasteiger charge is 2.59. The number of nitrogens with zero attached hydrogens (tertiary/aromatic N) is 3. The van der Waals surface area contributed by atoms with Crippen LogP contribution in [0.1, 0.15) is 31.9 Å². The summed E-state index contributed by atoms with van der Waals surface area (Å²) >= 11 is 0. The van der Waals surface area contributed by atoms with E-state index in [1.807, 2.05) is 0 Å².